The molecule has 0 saturated carbocycles. The monoisotopic (exact) mass is 448 g/mol. The summed E-state index contributed by atoms with van der Waals surface area (Å²) in [5.74, 6) is 1.32. The smallest absolute Gasteiger partial charge is 0.189 e. The van der Waals surface area contributed by atoms with Crippen molar-refractivity contribution in [1.29, 1.82) is 0 Å². The Hall–Kier alpha value is -0.346. The Balaban J connectivity index is 2.41. The van der Waals surface area contributed by atoms with Crippen LogP contribution in [0, 0.1) is 0 Å². The van der Waals surface area contributed by atoms with Crippen molar-refractivity contribution in [2.45, 2.75) is 51.4 Å². The van der Waals surface area contributed by atoms with Crippen molar-refractivity contribution in [3.05, 3.63) is 22.7 Å². The van der Waals surface area contributed by atoms with Gasteiger partial charge in [0.05, 0.1) is 4.47 Å². The van der Waals surface area contributed by atoms with Crippen LogP contribution in [0.15, 0.2) is 22.7 Å². The van der Waals surface area contributed by atoms with Gasteiger partial charge in [-0.05, 0) is 40.2 Å². The van der Waals surface area contributed by atoms with Crippen LogP contribution in [0.25, 0.3) is 0 Å². The molecule has 0 radical (unpaired) electrons. The van der Waals surface area contributed by atoms with E-state index >= 15 is 0 Å². The largest absolute Gasteiger partial charge is 0.464 e. The molecule has 0 heterocycles. The summed E-state index contributed by atoms with van der Waals surface area (Å²) in [6.45, 7) is 15.9. The Labute approximate surface area is 163 Å². The van der Waals surface area contributed by atoms with Gasteiger partial charge < -0.3 is 18.9 Å². The Kier molecular flexibility index (Phi) is 9.73. The van der Waals surface area contributed by atoms with Gasteiger partial charge in [-0.1, -0.05) is 45.3 Å². The highest BCUT2D eigenvalue weighted by Crippen LogP contribution is 2.35. The third-order valence-electron chi connectivity index (χ3n) is 3.51. The number of hydrogen-bond acceptors (Lipinski definition) is 4. The van der Waals surface area contributed by atoms with Crippen LogP contribution >= 0.6 is 15.9 Å². The van der Waals surface area contributed by atoms with Crippen LogP contribution in [0.2, 0.25) is 51.4 Å². The molecule has 1 aromatic rings. The van der Waals surface area contributed by atoms with Crippen LogP contribution in [0.1, 0.15) is 0 Å². The molecular weight excluding hydrogens is 416 g/mol. The fraction of sp³-hybridized carbons (Fsp3) is 0.667. The summed E-state index contributed by atoms with van der Waals surface area (Å²) in [7, 11) is -2.15. The summed E-state index contributed by atoms with van der Waals surface area (Å²) in [4.78, 5) is 0. The summed E-state index contributed by atoms with van der Waals surface area (Å²) in [5, 5.41) is 0. The normalized spacial score (nSPS) is 12.3. The maximum absolute atomic E-state index is 5.77. The Bertz CT molecular complexity index is 513. The molecule has 4 nitrogen and oxygen atoms in total. The van der Waals surface area contributed by atoms with E-state index in [1.165, 1.54) is 0 Å². The third kappa shape index (κ3) is 11.1. The summed E-state index contributed by atoms with van der Waals surface area (Å²) < 4.78 is 23.6. The topological polar surface area (TPSA) is 36.9 Å². The van der Waals surface area contributed by atoms with E-state index in [-0.39, 0.29) is 13.6 Å². The second-order valence-electron chi connectivity index (χ2n) is 8.53. The first-order valence-electron chi connectivity index (χ1n) is 8.78. The van der Waals surface area contributed by atoms with Gasteiger partial charge in [0.15, 0.2) is 25.1 Å². The molecule has 0 saturated heterocycles. The number of ether oxygens (including phenoxy) is 4. The zero-order valence-corrected chi connectivity index (χ0v) is 20.1. The molecule has 0 fully saturated rings. The number of benzene rings is 1. The molecule has 0 spiro atoms. The number of para-hydroxylation sites is 1. The van der Waals surface area contributed by atoms with Gasteiger partial charge in [-0.3, -0.25) is 0 Å². The molecule has 1 rings (SSSR count). The lowest BCUT2D eigenvalue weighted by Gasteiger charge is -2.18. The number of rotatable bonds is 12. The molecule has 0 unspecified atom stereocenters. The molecule has 0 aliphatic heterocycles. The van der Waals surface area contributed by atoms with Crippen LogP contribution < -0.4 is 9.47 Å². The van der Waals surface area contributed by atoms with Crippen molar-refractivity contribution in [3.63, 3.8) is 0 Å². The molecule has 7 heteroatoms. The molecule has 25 heavy (non-hydrogen) atoms. The van der Waals surface area contributed by atoms with Crippen molar-refractivity contribution in [2.24, 2.45) is 0 Å². The standard InChI is InChI=1S/C18H33BrO4Si2/c1-24(2,3)12-10-20-14-22-17-9-7-8-16(19)18(17)23-15-21-11-13-25(4,5)6/h7-9H,10-15H2,1-6H3. The molecule has 144 valence electrons. The molecule has 1 aromatic carbocycles. The van der Waals surface area contributed by atoms with Gasteiger partial charge in [-0.15, -0.1) is 0 Å². The first-order valence-corrected chi connectivity index (χ1v) is 17.0. The van der Waals surface area contributed by atoms with Crippen LogP contribution in [0.3, 0.4) is 0 Å². The molecular formula is C18H33BrO4Si2. The highest BCUT2D eigenvalue weighted by atomic mass is 79.9. The van der Waals surface area contributed by atoms with Gasteiger partial charge in [-0.25, -0.2) is 0 Å². The minimum absolute atomic E-state index is 0.222. The van der Waals surface area contributed by atoms with Gasteiger partial charge in [0.2, 0.25) is 0 Å². The molecule has 0 amide bonds. The van der Waals surface area contributed by atoms with E-state index in [0.717, 1.165) is 29.8 Å². The molecule has 0 aliphatic rings. The highest BCUT2D eigenvalue weighted by Gasteiger charge is 2.14. The van der Waals surface area contributed by atoms with E-state index in [1.54, 1.807) is 0 Å². The second kappa shape index (κ2) is 10.7. The Morgan fingerprint density at radius 3 is 1.84 bits per heavy atom. The van der Waals surface area contributed by atoms with E-state index in [1.807, 2.05) is 18.2 Å². The Morgan fingerprint density at radius 2 is 1.32 bits per heavy atom. The lowest BCUT2D eigenvalue weighted by molar-refractivity contribution is 0.00537. The summed E-state index contributed by atoms with van der Waals surface area (Å²) in [6, 6.07) is 7.98. The molecule has 0 atom stereocenters. The fourth-order valence-corrected chi connectivity index (χ4v) is 3.80. The summed E-state index contributed by atoms with van der Waals surface area (Å²) in [5.41, 5.74) is 0. The average Bonchev–Trinajstić information content (AvgIpc) is 2.46. The van der Waals surface area contributed by atoms with Crippen LogP contribution in [-0.2, 0) is 9.47 Å². The second-order valence-corrected chi connectivity index (χ2v) is 20.6. The lowest BCUT2D eigenvalue weighted by Crippen LogP contribution is -2.22. The maximum atomic E-state index is 5.77. The molecule has 0 N–H and O–H groups in total. The average molecular weight is 450 g/mol. The van der Waals surface area contributed by atoms with E-state index in [2.05, 4.69) is 55.2 Å². The first kappa shape index (κ1) is 22.7. The lowest BCUT2D eigenvalue weighted by atomic mass is 10.3. The van der Waals surface area contributed by atoms with E-state index < -0.39 is 16.1 Å². The van der Waals surface area contributed by atoms with Crippen LogP contribution in [-0.4, -0.2) is 42.9 Å². The van der Waals surface area contributed by atoms with Crippen molar-refractivity contribution < 1.29 is 18.9 Å². The fourth-order valence-electron chi connectivity index (χ4n) is 1.82. The van der Waals surface area contributed by atoms with Crippen molar-refractivity contribution >= 4 is 32.1 Å². The predicted molar refractivity (Wildman–Crippen MR) is 113 cm³/mol. The van der Waals surface area contributed by atoms with Gasteiger partial charge in [-0.2, -0.15) is 0 Å². The van der Waals surface area contributed by atoms with Crippen molar-refractivity contribution in [2.75, 3.05) is 26.8 Å². The van der Waals surface area contributed by atoms with Crippen molar-refractivity contribution in [1.82, 2.24) is 0 Å². The molecule has 0 aliphatic carbocycles. The maximum Gasteiger partial charge on any atom is 0.189 e. The zero-order chi connectivity index (χ0) is 18.9. The summed E-state index contributed by atoms with van der Waals surface area (Å²) >= 11 is 3.51. The van der Waals surface area contributed by atoms with E-state index in [9.17, 15) is 0 Å². The van der Waals surface area contributed by atoms with Crippen LogP contribution in [0.5, 0.6) is 11.5 Å². The molecule has 0 bridgehead atoms. The van der Waals surface area contributed by atoms with Crippen molar-refractivity contribution in [3.8, 4) is 11.5 Å². The van der Waals surface area contributed by atoms with Crippen LogP contribution in [0.4, 0.5) is 0 Å². The first-order chi connectivity index (χ1) is 11.6. The predicted octanol–water partition coefficient (Wildman–Crippen LogP) is 5.83. The number of halogens is 1. The zero-order valence-electron chi connectivity index (χ0n) is 16.5. The Morgan fingerprint density at radius 1 is 0.800 bits per heavy atom. The molecule has 0 aromatic heterocycles. The van der Waals surface area contributed by atoms with Gasteiger partial charge >= 0.3 is 0 Å². The van der Waals surface area contributed by atoms with E-state index in [0.29, 0.717) is 11.5 Å². The van der Waals surface area contributed by atoms with Gasteiger partial charge in [0.25, 0.3) is 0 Å². The third-order valence-corrected chi connectivity index (χ3v) is 7.54. The summed E-state index contributed by atoms with van der Waals surface area (Å²) in [6.07, 6.45) is 0. The minimum atomic E-state index is -1.08. The van der Waals surface area contributed by atoms with Gasteiger partial charge in [0, 0.05) is 29.4 Å². The quantitative estimate of drug-likeness (QED) is 0.229. The van der Waals surface area contributed by atoms with Gasteiger partial charge in [0.1, 0.15) is 0 Å². The highest BCUT2D eigenvalue weighted by molar-refractivity contribution is 9.10. The minimum Gasteiger partial charge on any atom is -0.464 e. The number of hydrogen-bond donors (Lipinski definition) is 0. The van der Waals surface area contributed by atoms with E-state index in [4.69, 9.17) is 18.9 Å². The SMILES string of the molecule is C[Si](C)(C)CCOCOc1cccc(Br)c1OCOCC[Si](C)(C)C.